The molecule has 1 saturated heterocycles. The highest BCUT2D eigenvalue weighted by molar-refractivity contribution is 9.13. The Morgan fingerprint density at radius 3 is 2.89 bits per heavy atom. The first-order valence-corrected chi connectivity index (χ1v) is 9.51. The van der Waals surface area contributed by atoms with Crippen molar-refractivity contribution >= 4 is 60.9 Å². The van der Waals surface area contributed by atoms with Crippen molar-refractivity contribution in [2.24, 2.45) is 0 Å². The highest BCUT2D eigenvalue weighted by atomic mass is 79.9. The summed E-state index contributed by atoms with van der Waals surface area (Å²) < 4.78 is 7.03. The van der Waals surface area contributed by atoms with Gasteiger partial charge in [0, 0.05) is 29.9 Å². The smallest absolute Gasteiger partial charge is 0.264 e. The molecule has 1 aliphatic rings. The molecule has 0 aromatic carbocycles. The van der Waals surface area contributed by atoms with Crippen molar-refractivity contribution in [2.75, 3.05) is 31.8 Å². The van der Waals surface area contributed by atoms with Crippen molar-refractivity contribution in [1.29, 1.82) is 0 Å². The van der Waals surface area contributed by atoms with Crippen molar-refractivity contribution in [1.82, 2.24) is 4.90 Å². The first kappa shape index (κ1) is 15.8. The predicted octanol–water partition coefficient (Wildman–Crippen LogP) is 3.87. The Balaban J connectivity index is 2.14. The molecule has 106 valence electrons. The lowest BCUT2D eigenvalue weighted by Crippen LogP contribution is -2.42. The topological polar surface area (TPSA) is 29.5 Å². The van der Waals surface area contributed by atoms with E-state index in [1.54, 1.807) is 7.11 Å². The Morgan fingerprint density at radius 2 is 2.37 bits per heavy atom. The van der Waals surface area contributed by atoms with E-state index in [9.17, 15) is 4.79 Å². The molecule has 3 nitrogen and oxygen atoms in total. The van der Waals surface area contributed by atoms with E-state index in [2.05, 4.69) is 31.9 Å². The Bertz CT molecular complexity index is 427. The number of halogens is 2. The van der Waals surface area contributed by atoms with Crippen LogP contribution in [0.1, 0.15) is 16.1 Å². The molecule has 1 aromatic heterocycles. The molecule has 0 saturated carbocycles. The van der Waals surface area contributed by atoms with Crippen LogP contribution in [0.4, 0.5) is 0 Å². The second kappa shape index (κ2) is 7.45. The molecule has 19 heavy (non-hydrogen) atoms. The van der Waals surface area contributed by atoms with Gasteiger partial charge in [-0.2, -0.15) is 11.8 Å². The molecule has 0 bridgehead atoms. The van der Waals surface area contributed by atoms with Crippen LogP contribution in [0.2, 0.25) is 0 Å². The monoisotopic (exact) mass is 427 g/mol. The Kier molecular flexibility index (Phi) is 6.20. The minimum absolute atomic E-state index is 0.112. The number of methoxy groups -OCH3 is 1. The highest BCUT2D eigenvalue weighted by Crippen LogP contribution is 2.34. The number of hydrogen-bond donors (Lipinski definition) is 0. The Hall–Kier alpha value is 0.440. The number of nitrogens with zero attached hydrogens (tertiary/aromatic N) is 1. The van der Waals surface area contributed by atoms with Gasteiger partial charge in [0.05, 0.1) is 15.3 Å². The maximum absolute atomic E-state index is 12.6. The van der Waals surface area contributed by atoms with Gasteiger partial charge >= 0.3 is 0 Å². The van der Waals surface area contributed by atoms with Gasteiger partial charge in [0.25, 0.3) is 5.91 Å². The third-order valence-corrected chi connectivity index (χ3v) is 7.39. The largest absolute Gasteiger partial charge is 0.383 e. The molecule has 1 atom stereocenters. The van der Waals surface area contributed by atoms with Crippen molar-refractivity contribution in [3.63, 3.8) is 0 Å². The van der Waals surface area contributed by atoms with E-state index in [1.165, 1.54) is 11.3 Å². The summed E-state index contributed by atoms with van der Waals surface area (Å²) in [4.78, 5) is 15.4. The standard InChI is InChI=1S/C12H15Br2NO2S2/c1-17-4-3-15(8-2-5-18-7-8)12(16)10-6-9(13)11(14)19-10/h6,8H,2-5,7H2,1H3. The lowest BCUT2D eigenvalue weighted by molar-refractivity contribution is 0.0629. The van der Waals surface area contributed by atoms with E-state index in [1.807, 2.05) is 22.7 Å². The van der Waals surface area contributed by atoms with Gasteiger partial charge in [-0.25, -0.2) is 0 Å². The number of carbonyl (C=O) groups excluding carboxylic acids is 1. The number of hydrogen-bond acceptors (Lipinski definition) is 4. The summed E-state index contributed by atoms with van der Waals surface area (Å²) in [5, 5.41) is 0. The molecule has 0 spiro atoms. The molecular formula is C12H15Br2NO2S2. The third-order valence-electron chi connectivity index (χ3n) is 3.00. The molecule has 1 unspecified atom stereocenters. The van der Waals surface area contributed by atoms with Crippen LogP contribution in [-0.2, 0) is 4.74 Å². The van der Waals surface area contributed by atoms with Gasteiger partial charge in [-0.3, -0.25) is 4.79 Å². The highest BCUT2D eigenvalue weighted by Gasteiger charge is 2.28. The predicted molar refractivity (Wildman–Crippen MR) is 88.4 cm³/mol. The second-order valence-corrected chi connectivity index (χ2v) is 8.62. The normalized spacial score (nSPS) is 18.8. The lowest BCUT2D eigenvalue weighted by atomic mass is 10.2. The van der Waals surface area contributed by atoms with Crippen LogP contribution in [-0.4, -0.2) is 48.6 Å². The zero-order valence-corrected chi connectivity index (χ0v) is 15.3. The van der Waals surface area contributed by atoms with Crippen molar-refractivity contribution in [3.05, 3.63) is 19.2 Å². The fourth-order valence-corrected chi connectivity index (χ4v) is 5.22. The van der Waals surface area contributed by atoms with Crippen LogP contribution in [0.5, 0.6) is 0 Å². The van der Waals surface area contributed by atoms with E-state index in [-0.39, 0.29) is 5.91 Å². The second-order valence-electron chi connectivity index (χ2n) is 4.24. The SMILES string of the molecule is COCCN(C(=O)c1cc(Br)c(Br)s1)C1CCSC1. The molecule has 2 heterocycles. The Morgan fingerprint density at radius 1 is 1.58 bits per heavy atom. The van der Waals surface area contributed by atoms with Crippen LogP contribution in [0, 0.1) is 0 Å². The summed E-state index contributed by atoms with van der Waals surface area (Å²) in [6.07, 6.45) is 1.08. The van der Waals surface area contributed by atoms with Crippen LogP contribution >= 0.6 is 55.0 Å². The first-order chi connectivity index (χ1) is 9.13. The summed E-state index contributed by atoms with van der Waals surface area (Å²) in [7, 11) is 1.67. The van der Waals surface area contributed by atoms with Gasteiger partial charge in [0.15, 0.2) is 0 Å². The summed E-state index contributed by atoms with van der Waals surface area (Å²) in [6.45, 7) is 1.24. The van der Waals surface area contributed by atoms with Crippen molar-refractivity contribution < 1.29 is 9.53 Å². The molecule has 2 rings (SSSR count). The van der Waals surface area contributed by atoms with E-state index in [0.29, 0.717) is 19.2 Å². The molecule has 1 aromatic rings. The molecular weight excluding hydrogens is 414 g/mol. The number of amides is 1. The number of thiophene rings is 1. The minimum atomic E-state index is 0.112. The average molecular weight is 429 g/mol. The van der Waals surface area contributed by atoms with Gasteiger partial charge in [0.2, 0.25) is 0 Å². The number of carbonyl (C=O) groups is 1. The minimum Gasteiger partial charge on any atom is -0.383 e. The molecule has 1 fully saturated rings. The Labute approximate surface area is 138 Å². The van der Waals surface area contributed by atoms with E-state index >= 15 is 0 Å². The van der Waals surface area contributed by atoms with Gasteiger partial charge < -0.3 is 9.64 Å². The molecule has 0 aliphatic carbocycles. The van der Waals surface area contributed by atoms with E-state index in [4.69, 9.17) is 4.74 Å². The summed E-state index contributed by atoms with van der Waals surface area (Å²) in [6, 6.07) is 2.23. The average Bonchev–Trinajstić information content (AvgIpc) is 3.01. The van der Waals surface area contributed by atoms with Gasteiger partial charge in [-0.1, -0.05) is 0 Å². The van der Waals surface area contributed by atoms with Gasteiger partial charge in [-0.15, -0.1) is 11.3 Å². The van der Waals surface area contributed by atoms with Gasteiger partial charge in [0.1, 0.15) is 0 Å². The van der Waals surface area contributed by atoms with Crippen molar-refractivity contribution in [3.8, 4) is 0 Å². The number of thioether (sulfide) groups is 1. The lowest BCUT2D eigenvalue weighted by Gasteiger charge is -2.27. The van der Waals surface area contributed by atoms with Crippen molar-refractivity contribution in [2.45, 2.75) is 12.5 Å². The number of rotatable bonds is 5. The van der Waals surface area contributed by atoms with Crippen LogP contribution in [0.3, 0.4) is 0 Å². The molecule has 1 aliphatic heterocycles. The number of ether oxygens (including phenoxy) is 1. The summed E-state index contributed by atoms with van der Waals surface area (Å²) in [5.74, 6) is 2.28. The zero-order valence-electron chi connectivity index (χ0n) is 10.5. The van der Waals surface area contributed by atoms with Crippen LogP contribution in [0.25, 0.3) is 0 Å². The quantitative estimate of drug-likeness (QED) is 0.712. The maximum atomic E-state index is 12.6. The van der Waals surface area contributed by atoms with E-state index in [0.717, 1.165) is 31.1 Å². The summed E-state index contributed by atoms with van der Waals surface area (Å²) in [5.41, 5.74) is 0. The van der Waals surface area contributed by atoms with Crippen LogP contribution < -0.4 is 0 Å². The maximum Gasteiger partial charge on any atom is 0.264 e. The third kappa shape index (κ3) is 3.97. The fraction of sp³-hybridized carbons (Fsp3) is 0.583. The molecule has 7 heteroatoms. The molecule has 1 amide bonds. The zero-order chi connectivity index (χ0) is 13.8. The molecule has 0 radical (unpaired) electrons. The van der Waals surface area contributed by atoms with E-state index < -0.39 is 0 Å². The first-order valence-electron chi connectivity index (χ1n) is 5.96. The van der Waals surface area contributed by atoms with Crippen LogP contribution in [0.15, 0.2) is 14.3 Å². The molecule has 0 N–H and O–H groups in total. The van der Waals surface area contributed by atoms with Gasteiger partial charge in [-0.05, 0) is 50.1 Å². The summed E-state index contributed by atoms with van der Waals surface area (Å²) >= 11 is 10.3. The fourth-order valence-electron chi connectivity index (χ4n) is 2.00.